The van der Waals surface area contributed by atoms with Crippen molar-refractivity contribution in [3.8, 4) is 5.75 Å². The third-order valence-electron chi connectivity index (χ3n) is 2.42. The van der Waals surface area contributed by atoms with E-state index < -0.39 is 32.3 Å². The first-order chi connectivity index (χ1) is 10.6. The minimum atomic E-state index is -3.89. The van der Waals surface area contributed by atoms with Crippen LogP contribution in [0.25, 0.3) is 0 Å². The van der Waals surface area contributed by atoms with Gasteiger partial charge in [-0.2, -0.15) is 16.8 Å². The summed E-state index contributed by atoms with van der Waals surface area (Å²) in [6.45, 7) is -0.193. The molecule has 0 spiro atoms. The van der Waals surface area contributed by atoms with Crippen molar-refractivity contribution in [3.05, 3.63) is 30.3 Å². The number of benzene rings is 1. The zero-order chi connectivity index (χ0) is 17.5. The molecule has 0 aliphatic heterocycles. The highest BCUT2D eigenvalue weighted by molar-refractivity contribution is 7.86. The van der Waals surface area contributed by atoms with Crippen LogP contribution in [0.4, 0.5) is 0 Å². The van der Waals surface area contributed by atoms with Crippen LogP contribution >= 0.6 is 0 Å². The Balaban J connectivity index is 2.66. The summed E-state index contributed by atoms with van der Waals surface area (Å²) >= 11 is 0. The number of para-hydroxylation sites is 1. The van der Waals surface area contributed by atoms with Gasteiger partial charge in [0.2, 0.25) is 0 Å². The van der Waals surface area contributed by atoms with Gasteiger partial charge in [-0.05, 0) is 25.0 Å². The number of rotatable bonds is 9. The van der Waals surface area contributed by atoms with Crippen LogP contribution in [0.2, 0.25) is 0 Å². The Hall–Kier alpha value is -1.49. The standard InChI is InChI=1S/C13H18O8S2/c1-22(15,16)19-10-6-9-12(21-23(2,17)18)13(14)20-11-7-4-3-5-8-11/h3-5,7-8,12H,6,9-10H2,1-2H3. The van der Waals surface area contributed by atoms with Gasteiger partial charge in [0.05, 0.1) is 19.1 Å². The molecular weight excluding hydrogens is 348 g/mol. The van der Waals surface area contributed by atoms with E-state index >= 15 is 0 Å². The summed E-state index contributed by atoms with van der Waals surface area (Å²) in [6, 6.07) is 8.08. The zero-order valence-corrected chi connectivity index (χ0v) is 14.3. The Morgan fingerprint density at radius 1 is 1.04 bits per heavy atom. The van der Waals surface area contributed by atoms with E-state index in [1.807, 2.05) is 0 Å². The topological polar surface area (TPSA) is 113 Å². The van der Waals surface area contributed by atoms with E-state index in [0.717, 1.165) is 12.5 Å². The molecule has 0 radical (unpaired) electrons. The van der Waals surface area contributed by atoms with Crippen LogP contribution in [0.1, 0.15) is 12.8 Å². The minimum absolute atomic E-state index is 0.0751. The van der Waals surface area contributed by atoms with Crippen molar-refractivity contribution in [1.29, 1.82) is 0 Å². The second kappa shape index (κ2) is 8.39. The SMILES string of the molecule is CS(=O)(=O)OCCCC(OS(C)(=O)=O)C(=O)Oc1ccccc1. The summed E-state index contributed by atoms with van der Waals surface area (Å²) in [5, 5.41) is 0. The molecule has 0 fully saturated rings. The first-order valence-corrected chi connectivity index (χ1v) is 10.2. The number of carbonyl (C=O) groups is 1. The Labute approximate surface area is 135 Å². The molecule has 1 atom stereocenters. The highest BCUT2D eigenvalue weighted by Gasteiger charge is 2.25. The van der Waals surface area contributed by atoms with E-state index in [0.29, 0.717) is 0 Å². The maximum absolute atomic E-state index is 12.0. The van der Waals surface area contributed by atoms with E-state index in [1.54, 1.807) is 18.2 Å². The van der Waals surface area contributed by atoms with E-state index in [-0.39, 0.29) is 25.2 Å². The Kier molecular flexibility index (Phi) is 7.13. The number of esters is 1. The van der Waals surface area contributed by atoms with Crippen molar-refractivity contribution in [2.75, 3.05) is 19.1 Å². The van der Waals surface area contributed by atoms with Crippen LogP contribution in [0, 0.1) is 0 Å². The van der Waals surface area contributed by atoms with Crippen LogP contribution in [0.5, 0.6) is 5.75 Å². The van der Waals surface area contributed by atoms with Gasteiger partial charge in [0.1, 0.15) is 5.75 Å². The fourth-order valence-corrected chi connectivity index (χ4v) is 2.58. The molecule has 0 aliphatic rings. The smallest absolute Gasteiger partial charge is 0.342 e. The number of hydrogen-bond acceptors (Lipinski definition) is 8. The molecule has 0 heterocycles. The molecule has 0 aromatic heterocycles. The highest BCUT2D eigenvalue weighted by atomic mass is 32.2. The molecule has 0 aliphatic carbocycles. The lowest BCUT2D eigenvalue weighted by Crippen LogP contribution is -2.31. The first-order valence-electron chi connectivity index (χ1n) is 6.56. The fourth-order valence-electron chi connectivity index (χ4n) is 1.57. The van der Waals surface area contributed by atoms with Gasteiger partial charge < -0.3 is 4.74 Å². The Morgan fingerprint density at radius 3 is 2.17 bits per heavy atom. The summed E-state index contributed by atoms with van der Waals surface area (Å²) in [5.41, 5.74) is 0. The van der Waals surface area contributed by atoms with Crippen molar-refractivity contribution in [1.82, 2.24) is 0 Å². The lowest BCUT2D eigenvalue weighted by atomic mass is 10.2. The largest absolute Gasteiger partial charge is 0.425 e. The van der Waals surface area contributed by atoms with Gasteiger partial charge in [-0.1, -0.05) is 18.2 Å². The molecule has 10 heteroatoms. The van der Waals surface area contributed by atoms with Gasteiger partial charge in [0.15, 0.2) is 6.10 Å². The maximum Gasteiger partial charge on any atom is 0.342 e. The summed E-state index contributed by atoms with van der Waals surface area (Å²) in [5.74, 6) is -0.645. The van der Waals surface area contributed by atoms with Crippen LogP contribution in [-0.4, -0.2) is 48.0 Å². The molecule has 1 aromatic rings. The van der Waals surface area contributed by atoms with Crippen LogP contribution in [0.3, 0.4) is 0 Å². The van der Waals surface area contributed by atoms with Crippen LogP contribution in [0.15, 0.2) is 30.3 Å². The molecule has 0 saturated heterocycles. The Morgan fingerprint density at radius 2 is 1.65 bits per heavy atom. The second-order valence-corrected chi connectivity index (χ2v) is 7.94. The molecule has 0 N–H and O–H groups in total. The van der Waals surface area contributed by atoms with Crippen LogP contribution in [-0.2, 0) is 33.4 Å². The lowest BCUT2D eigenvalue weighted by Gasteiger charge is -2.15. The van der Waals surface area contributed by atoms with E-state index in [2.05, 4.69) is 4.18 Å². The molecule has 23 heavy (non-hydrogen) atoms. The molecule has 1 unspecified atom stereocenters. The Bertz CT molecular complexity index is 710. The summed E-state index contributed by atoms with van der Waals surface area (Å²) in [4.78, 5) is 12.0. The van der Waals surface area contributed by atoms with E-state index in [4.69, 9.17) is 8.92 Å². The van der Waals surface area contributed by atoms with Gasteiger partial charge in [-0.25, -0.2) is 4.79 Å². The molecular formula is C13H18O8S2. The zero-order valence-electron chi connectivity index (χ0n) is 12.7. The number of ether oxygens (including phenoxy) is 1. The quantitative estimate of drug-likeness (QED) is 0.271. The molecule has 1 rings (SSSR count). The lowest BCUT2D eigenvalue weighted by molar-refractivity contribution is -0.142. The van der Waals surface area contributed by atoms with Gasteiger partial charge in [0, 0.05) is 0 Å². The van der Waals surface area contributed by atoms with Gasteiger partial charge in [-0.15, -0.1) is 0 Å². The molecule has 1 aromatic carbocycles. The van der Waals surface area contributed by atoms with Crippen molar-refractivity contribution in [2.45, 2.75) is 18.9 Å². The summed E-state index contributed by atoms with van der Waals surface area (Å²) in [7, 11) is -7.49. The molecule has 0 saturated carbocycles. The van der Waals surface area contributed by atoms with Crippen molar-refractivity contribution < 1.29 is 34.7 Å². The molecule has 0 amide bonds. The minimum Gasteiger partial charge on any atom is -0.425 e. The molecule has 8 nitrogen and oxygen atoms in total. The fraction of sp³-hybridized carbons (Fsp3) is 0.462. The van der Waals surface area contributed by atoms with Crippen molar-refractivity contribution in [3.63, 3.8) is 0 Å². The number of hydrogen-bond donors (Lipinski definition) is 0. The van der Waals surface area contributed by atoms with Crippen LogP contribution < -0.4 is 4.74 Å². The third kappa shape index (κ3) is 9.29. The number of carbonyl (C=O) groups excluding carboxylic acids is 1. The van der Waals surface area contributed by atoms with Gasteiger partial charge in [-0.3, -0.25) is 8.37 Å². The average Bonchev–Trinajstić information content (AvgIpc) is 2.41. The first kappa shape index (κ1) is 19.6. The van der Waals surface area contributed by atoms with Gasteiger partial charge in [0.25, 0.3) is 20.2 Å². The maximum atomic E-state index is 12.0. The molecule has 0 bridgehead atoms. The predicted molar refractivity (Wildman–Crippen MR) is 81.8 cm³/mol. The second-order valence-electron chi connectivity index (χ2n) is 4.69. The average molecular weight is 366 g/mol. The third-order valence-corrected chi connectivity index (χ3v) is 3.60. The molecule has 130 valence electrons. The predicted octanol–water partition coefficient (Wildman–Crippen LogP) is 0.693. The summed E-state index contributed by atoms with van der Waals surface area (Å²) < 4.78 is 58.4. The van der Waals surface area contributed by atoms with E-state index in [1.165, 1.54) is 12.1 Å². The summed E-state index contributed by atoms with van der Waals surface area (Å²) in [6.07, 6.45) is 0.336. The van der Waals surface area contributed by atoms with Crippen molar-refractivity contribution >= 4 is 26.2 Å². The van der Waals surface area contributed by atoms with E-state index in [9.17, 15) is 21.6 Å². The van der Waals surface area contributed by atoms with Gasteiger partial charge >= 0.3 is 5.97 Å². The monoisotopic (exact) mass is 366 g/mol. The normalized spacial score (nSPS) is 13.5. The van der Waals surface area contributed by atoms with Crippen molar-refractivity contribution in [2.24, 2.45) is 0 Å². The highest BCUT2D eigenvalue weighted by Crippen LogP contribution is 2.14.